The Balaban J connectivity index is 1.83. The van der Waals surface area contributed by atoms with E-state index in [2.05, 4.69) is 12.2 Å². The molecule has 1 aromatic carbocycles. The quantitative estimate of drug-likeness (QED) is 0.848. The lowest BCUT2D eigenvalue weighted by Crippen LogP contribution is -2.36. The fraction of sp³-hybridized carbons (Fsp3) is 0.529. The molecule has 0 aliphatic heterocycles. The topological polar surface area (TPSA) is 55.4 Å². The highest BCUT2D eigenvalue weighted by molar-refractivity contribution is 5.99. The second-order valence-corrected chi connectivity index (χ2v) is 5.84. The van der Waals surface area contributed by atoms with Crippen LogP contribution < -0.4 is 10.1 Å². The van der Waals surface area contributed by atoms with Gasteiger partial charge >= 0.3 is 0 Å². The number of rotatable bonds is 5. The summed E-state index contributed by atoms with van der Waals surface area (Å²) in [5.74, 6) is 1.33. The number of hydrogen-bond donors (Lipinski definition) is 1. The maximum Gasteiger partial charge on any atom is 0.223 e. The van der Waals surface area contributed by atoms with Crippen LogP contribution in [0.4, 0.5) is 0 Å². The zero-order valence-corrected chi connectivity index (χ0v) is 12.7. The minimum Gasteiger partial charge on any atom is -0.497 e. The summed E-state index contributed by atoms with van der Waals surface area (Å²) < 4.78 is 5.06. The molecular weight excluding hydrogens is 266 g/mol. The minimum absolute atomic E-state index is 0.0170. The molecule has 21 heavy (non-hydrogen) atoms. The standard InChI is InChI=1S/C17H23NO3/c1-12-4-3-5-14(10-12)17(20)18-11-16(19)13-6-8-15(21-2)9-7-13/h6-9,12,14H,3-5,10-11H2,1-2H3,(H,18,20). The second kappa shape index (κ2) is 7.25. The Kier molecular flexibility index (Phi) is 5.37. The molecule has 0 aromatic heterocycles. The predicted octanol–water partition coefficient (Wildman–Crippen LogP) is 2.82. The highest BCUT2D eigenvalue weighted by atomic mass is 16.5. The van der Waals surface area contributed by atoms with Gasteiger partial charge in [-0.25, -0.2) is 0 Å². The van der Waals surface area contributed by atoms with Gasteiger partial charge in [0.1, 0.15) is 5.75 Å². The number of amides is 1. The summed E-state index contributed by atoms with van der Waals surface area (Å²) in [4.78, 5) is 24.1. The van der Waals surface area contributed by atoms with Crippen LogP contribution in [-0.2, 0) is 4.79 Å². The van der Waals surface area contributed by atoms with Crippen LogP contribution in [0.1, 0.15) is 43.0 Å². The van der Waals surface area contributed by atoms with Crippen molar-refractivity contribution in [2.75, 3.05) is 13.7 Å². The number of carbonyl (C=O) groups excluding carboxylic acids is 2. The lowest BCUT2D eigenvalue weighted by molar-refractivity contribution is -0.126. The van der Waals surface area contributed by atoms with E-state index in [0.29, 0.717) is 17.2 Å². The predicted molar refractivity (Wildman–Crippen MR) is 81.5 cm³/mol. The number of ether oxygens (including phenoxy) is 1. The smallest absolute Gasteiger partial charge is 0.223 e. The Labute approximate surface area is 125 Å². The van der Waals surface area contributed by atoms with E-state index in [9.17, 15) is 9.59 Å². The Morgan fingerprint density at radius 2 is 1.95 bits per heavy atom. The average molecular weight is 289 g/mol. The summed E-state index contributed by atoms with van der Waals surface area (Å²) in [6.45, 7) is 2.25. The van der Waals surface area contributed by atoms with Crippen molar-refractivity contribution in [2.24, 2.45) is 11.8 Å². The molecule has 1 amide bonds. The normalized spacial score (nSPS) is 21.6. The first-order valence-electron chi connectivity index (χ1n) is 7.55. The Bertz CT molecular complexity index is 495. The molecule has 1 N–H and O–H groups in total. The summed E-state index contributed by atoms with van der Waals surface area (Å²) in [6, 6.07) is 6.93. The maximum absolute atomic E-state index is 12.1. The molecule has 0 spiro atoms. The van der Waals surface area contributed by atoms with Crippen LogP contribution in [0.15, 0.2) is 24.3 Å². The van der Waals surface area contributed by atoms with Gasteiger partial charge in [0.2, 0.25) is 5.91 Å². The summed E-state index contributed by atoms with van der Waals surface area (Å²) in [5, 5.41) is 2.78. The van der Waals surface area contributed by atoms with E-state index in [4.69, 9.17) is 4.74 Å². The molecule has 1 aromatic rings. The molecule has 114 valence electrons. The van der Waals surface area contributed by atoms with Gasteiger partial charge in [0, 0.05) is 11.5 Å². The molecule has 0 radical (unpaired) electrons. The van der Waals surface area contributed by atoms with E-state index in [1.54, 1.807) is 31.4 Å². The van der Waals surface area contributed by atoms with Crippen molar-refractivity contribution in [1.82, 2.24) is 5.32 Å². The maximum atomic E-state index is 12.1. The van der Waals surface area contributed by atoms with Gasteiger partial charge in [-0.3, -0.25) is 9.59 Å². The lowest BCUT2D eigenvalue weighted by atomic mass is 9.82. The van der Waals surface area contributed by atoms with Crippen LogP contribution in [0.2, 0.25) is 0 Å². The van der Waals surface area contributed by atoms with Crippen molar-refractivity contribution in [3.8, 4) is 5.75 Å². The minimum atomic E-state index is -0.0742. The van der Waals surface area contributed by atoms with Crippen molar-refractivity contribution in [3.63, 3.8) is 0 Å². The highest BCUT2D eigenvalue weighted by Crippen LogP contribution is 2.28. The second-order valence-electron chi connectivity index (χ2n) is 5.84. The molecule has 1 aliphatic carbocycles. The number of nitrogens with one attached hydrogen (secondary N) is 1. The Morgan fingerprint density at radius 3 is 2.57 bits per heavy atom. The number of carbonyl (C=O) groups is 2. The fourth-order valence-corrected chi connectivity index (χ4v) is 2.86. The van der Waals surface area contributed by atoms with Crippen LogP contribution in [0.3, 0.4) is 0 Å². The molecule has 1 fully saturated rings. The van der Waals surface area contributed by atoms with Crippen LogP contribution in [0, 0.1) is 11.8 Å². The van der Waals surface area contributed by atoms with Crippen molar-refractivity contribution in [3.05, 3.63) is 29.8 Å². The van der Waals surface area contributed by atoms with Gasteiger partial charge in [-0.2, -0.15) is 0 Å². The van der Waals surface area contributed by atoms with E-state index in [-0.39, 0.29) is 24.2 Å². The lowest BCUT2D eigenvalue weighted by Gasteiger charge is -2.25. The molecule has 4 nitrogen and oxygen atoms in total. The molecular formula is C17H23NO3. The fourth-order valence-electron chi connectivity index (χ4n) is 2.86. The third-order valence-corrected chi connectivity index (χ3v) is 4.14. The molecule has 0 saturated heterocycles. The first-order chi connectivity index (χ1) is 10.1. The molecule has 2 atom stereocenters. The number of hydrogen-bond acceptors (Lipinski definition) is 3. The van der Waals surface area contributed by atoms with Gasteiger partial charge in [-0.1, -0.05) is 19.8 Å². The Hall–Kier alpha value is -1.84. The zero-order chi connectivity index (χ0) is 15.2. The third-order valence-electron chi connectivity index (χ3n) is 4.14. The van der Waals surface area contributed by atoms with Gasteiger partial charge < -0.3 is 10.1 Å². The van der Waals surface area contributed by atoms with Crippen LogP contribution in [0.5, 0.6) is 5.75 Å². The van der Waals surface area contributed by atoms with Crippen molar-refractivity contribution >= 4 is 11.7 Å². The number of methoxy groups -OCH3 is 1. The molecule has 0 heterocycles. The SMILES string of the molecule is COc1ccc(C(=O)CNC(=O)C2CCCC(C)C2)cc1. The summed E-state index contributed by atoms with van der Waals surface area (Å²) in [6.07, 6.45) is 4.18. The third kappa shape index (κ3) is 4.31. The van der Waals surface area contributed by atoms with Gasteiger partial charge in [0.25, 0.3) is 0 Å². The molecule has 2 rings (SSSR count). The van der Waals surface area contributed by atoms with Gasteiger partial charge in [0.15, 0.2) is 5.78 Å². The van der Waals surface area contributed by atoms with Crippen molar-refractivity contribution in [1.29, 1.82) is 0 Å². The number of Topliss-reactive ketones (excluding diaryl/α,β-unsaturated/α-hetero) is 1. The van der Waals surface area contributed by atoms with Gasteiger partial charge in [0.05, 0.1) is 13.7 Å². The van der Waals surface area contributed by atoms with Gasteiger partial charge in [-0.05, 0) is 43.0 Å². The van der Waals surface area contributed by atoms with E-state index < -0.39 is 0 Å². The van der Waals surface area contributed by atoms with Crippen LogP contribution in [-0.4, -0.2) is 25.3 Å². The first kappa shape index (κ1) is 15.5. The summed E-state index contributed by atoms with van der Waals surface area (Å²) in [7, 11) is 1.59. The molecule has 1 saturated carbocycles. The monoisotopic (exact) mass is 289 g/mol. The summed E-state index contributed by atoms with van der Waals surface area (Å²) >= 11 is 0. The van der Waals surface area contributed by atoms with Crippen LogP contribution >= 0.6 is 0 Å². The van der Waals surface area contributed by atoms with E-state index >= 15 is 0 Å². The van der Waals surface area contributed by atoms with Crippen molar-refractivity contribution in [2.45, 2.75) is 32.6 Å². The van der Waals surface area contributed by atoms with E-state index in [0.717, 1.165) is 19.3 Å². The van der Waals surface area contributed by atoms with E-state index in [1.807, 2.05) is 0 Å². The number of benzene rings is 1. The van der Waals surface area contributed by atoms with E-state index in [1.165, 1.54) is 6.42 Å². The van der Waals surface area contributed by atoms with Gasteiger partial charge in [-0.15, -0.1) is 0 Å². The van der Waals surface area contributed by atoms with Crippen LogP contribution in [0.25, 0.3) is 0 Å². The highest BCUT2D eigenvalue weighted by Gasteiger charge is 2.25. The largest absolute Gasteiger partial charge is 0.497 e. The number of ketones is 1. The molecule has 1 aliphatic rings. The molecule has 0 bridgehead atoms. The molecule has 4 heteroatoms. The summed E-state index contributed by atoms with van der Waals surface area (Å²) in [5.41, 5.74) is 0.591. The average Bonchev–Trinajstić information content (AvgIpc) is 2.52. The zero-order valence-electron chi connectivity index (χ0n) is 12.7. The first-order valence-corrected chi connectivity index (χ1v) is 7.55. The van der Waals surface area contributed by atoms with Crippen molar-refractivity contribution < 1.29 is 14.3 Å². The molecule has 2 unspecified atom stereocenters. The Morgan fingerprint density at radius 1 is 1.24 bits per heavy atom.